The molecule has 0 aliphatic heterocycles. The Morgan fingerprint density at radius 1 is 0.892 bits per heavy atom. The van der Waals surface area contributed by atoms with Crippen LogP contribution in [-0.2, 0) is 21.0 Å². The van der Waals surface area contributed by atoms with E-state index in [1.54, 1.807) is 94.1 Å². The number of hydrogen-bond acceptors (Lipinski definition) is 18. The molecule has 2 N–H and O–H groups in total. The Hall–Kier alpha value is 2.69. The number of aliphatic hydroxyl groups is 1. The summed E-state index contributed by atoms with van der Waals surface area (Å²) in [6.07, 6.45) is 3.40. The molecular formula is C17H33N3O5S12. The van der Waals surface area contributed by atoms with E-state index in [-0.39, 0.29) is 11.2 Å². The molecule has 0 spiro atoms. The Kier molecular flexibility index (Phi) is 37.4. The van der Waals surface area contributed by atoms with Gasteiger partial charge in [-0.1, -0.05) is 23.5 Å². The molecule has 0 bridgehead atoms. The molecule has 1 atom stereocenters. The molecule has 1 amide bonds. The lowest BCUT2D eigenvalue weighted by molar-refractivity contribution is -0.196. The molecule has 0 saturated heterocycles. The van der Waals surface area contributed by atoms with E-state index in [0.717, 1.165) is 35.6 Å². The molecule has 0 saturated carbocycles. The third kappa shape index (κ3) is 34.8. The Morgan fingerprint density at radius 2 is 1.57 bits per heavy atom. The van der Waals surface area contributed by atoms with Crippen molar-refractivity contribution in [1.29, 1.82) is 0 Å². The van der Waals surface area contributed by atoms with Gasteiger partial charge in [-0.05, 0) is 6.26 Å². The lowest BCUT2D eigenvalue weighted by Crippen LogP contribution is -2.17. The van der Waals surface area contributed by atoms with Crippen LogP contribution in [0, 0.1) is 0 Å². The molecule has 0 aliphatic carbocycles. The van der Waals surface area contributed by atoms with E-state index in [4.69, 9.17) is 14.9 Å². The highest BCUT2D eigenvalue weighted by Crippen LogP contribution is 2.22. The average molecular weight is 744 g/mol. The van der Waals surface area contributed by atoms with Gasteiger partial charge in [0.25, 0.3) is 5.24 Å². The summed E-state index contributed by atoms with van der Waals surface area (Å²) in [6, 6.07) is 0. The minimum Gasteiger partial charge on any atom is -0.610 e. The summed E-state index contributed by atoms with van der Waals surface area (Å²) in [5, 5.41) is 18.2. The highest BCUT2D eigenvalue weighted by atomic mass is 32.3. The summed E-state index contributed by atoms with van der Waals surface area (Å²) in [7, 11) is 0. The minimum absolute atomic E-state index is 0.00765. The molecule has 1 unspecified atom stereocenters. The topological polar surface area (TPSA) is 116 Å². The predicted octanol–water partition coefficient (Wildman–Crippen LogP) is 6.58. The summed E-state index contributed by atoms with van der Waals surface area (Å²) >= 11 is 16.9. The minimum atomic E-state index is -1.06. The molecule has 20 heteroatoms. The van der Waals surface area contributed by atoms with Crippen molar-refractivity contribution in [2.45, 2.75) is 0 Å². The van der Waals surface area contributed by atoms with E-state index in [0.29, 0.717) is 28.7 Å². The van der Waals surface area contributed by atoms with Crippen molar-refractivity contribution in [2.75, 3.05) is 76.4 Å². The third-order valence-electron chi connectivity index (χ3n) is 2.76. The monoisotopic (exact) mass is 743 g/mol. The van der Waals surface area contributed by atoms with Crippen molar-refractivity contribution >= 4 is 158 Å². The fourth-order valence-corrected chi connectivity index (χ4v) is 12.5. The number of nitrogens with one attached hydrogen (secondary N) is 1. The quantitative estimate of drug-likeness (QED) is 0.0171. The lowest BCUT2D eigenvalue weighted by atomic mass is 11.2. The highest BCUT2D eigenvalue weighted by Gasteiger charge is 2.03. The highest BCUT2D eigenvalue weighted by molar-refractivity contribution is 8.29. The van der Waals surface area contributed by atoms with Crippen LogP contribution in [-0.4, -0.2) is 103 Å². The molecule has 0 aromatic heterocycles. The van der Waals surface area contributed by atoms with Gasteiger partial charge in [-0.15, -0.1) is 94.1 Å². The molecule has 0 aliphatic rings. The number of rotatable bonds is 28. The molecule has 8 nitrogen and oxygen atoms in total. The summed E-state index contributed by atoms with van der Waals surface area (Å²) in [5.41, 5.74) is 1.50. The Morgan fingerprint density at radius 3 is 2.38 bits per heavy atom. The van der Waals surface area contributed by atoms with Crippen LogP contribution in [0.25, 0.3) is 0 Å². The van der Waals surface area contributed by atoms with Crippen LogP contribution in [0.3, 0.4) is 0 Å². The number of aliphatic hydroxyl groups excluding tert-OH is 1. The van der Waals surface area contributed by atoms with Crippen molar-refractivity contribution < 1.29 is 24.2 Å². The second-order valence-electron chi connectivity index (χ2n) is 5.50. The normalized spacial score (nSPS) is 12.5. The second kappa shape index (κ2) is 34.9. The van der Waals surface area contributed by atoms with Crippen LogP contribution in [0.4, 0.5) is 4.79 Å². The Labute approximate surface area is 270 Å². The number of aliphatic imine (C=N–C) groups is 2. The van der Waals surface area contributed by atoms with E-state index in [1.165, 1.54) is 47.2 Å². The number of amides is 1. The zero-order chi connectivity index (χ0) is 27.1. The maximum absolute atomic E-state index is 11.8. The van der Waals surface area contributed by atoms with Crippen molar-refractivity contribution in [3.8, 4) is 0 Å². The smallest absolute Gasteiger partial charge is 0.280 e. The van der Waals surface area contributed by atoms with E-state index in [9.17, 15) is 9.35 Å². The number of carbonyl (C=O) groups excluding carboxylic acids is 1. The Balaban J connectivity index is 3.29. The van der Waals surface area contributed by atoms with E-state index in [2.05, 4.69) is 21.6 Å². The zero-order valence-corrected chi connectivity index (χ0v) is 30.0. The summed E-state index contributed by atoms with van der Waals surface area (Å²) in [5.74, 6) is 2.42. The van der Waals surface area contributed by atoms with Crippen LogP contribution < -0.4 is 5.32 Å². The molecule has 0 rings (SSSR count). The van der Waals surface area contributed by atoms with Crippen LogP contribution >= 0.6 is 129 Å². The van der Waals surface area contributed by atoms with Gasteiger partial charge in [-0.2, -0.15) is 16.6 Å². The van der Waals surface area contributed by atoms with Gasteiger partial charge in [0.2, 0.25) is 11.9 Å². The third-order valence-corrected chi connectivity index (χ3v) is 16.0. The van der Waals surface area contributed by atoms with Gasteiger partial charge in [0.15, 0.2) is 5.08 Å². The SMILES string of the molecule is CSCSC/N=C/OOCSCSCSCSC(=O)NCSCSCSC/N=C/[S+]([O-])CSCSCO. The number of thioether (sulfide) groups is 11. The fourth-order valence-electron chi connectivity index (χ4n) is 1.44. The largest absolute Gasteiger partial charge is 0.610 e. The molecule has 0 radical (unpaired) electrons. The standard InChI is InChI=1S/C17H33N3O5S12/c1-26-9-27-3-18-2-24-25-8-31-13-33-14-34-15-36-17(22)20-5-29-11-32-10-28-4-19-6-37(23)16-35-12-30-7-21/h2,6,21H,3-5,7-16H2,1H3,(H,20,22)/b18-2+,19-6+. The fraction of sp³-hybridized carbons (Fsp3) is 0.824. The van der Waals surface area contributed by atoms with Crippen molar-refractivity contribution in [1.82, 2.24) is 5.32 Å². The first-order valence-corrected chi connectivity index (χ1v) is 24.2. The van der Waals surface area contributed by atoms with Crippen LogP contribution in [0.5, 0.6) is 0 Å². The summed E-state index contributed by atoms with van der Waals surface area (Å²) < 4.78 is 11.7. The number of nitrogens with zero attached hydrogens (tertiary/aromatic N) is 2. The molecule has 0 heterocycles. The summed E-state index contributed by atoms with van der Waals surface area (Å²) in [4.78, 5) is 29.9. The number of hydrogen-bond donors (Lipinski definition) is 2. The van der Waals surface area contributed by atoms with Gasteiger partial charge < -0.3 is 19.9 Å². The maximum Gasteiger partial charge on any atom is 0.280 e. The number of carbonyl (C=O) groups is 1. The van der Waals surface area contributed by atoms with Gasteiger partial charge >= 0.3 is 0 Å². The van der Waals surface area contributed by atoms with E-state index < -0.39 is 11.2 Å². The van der Waals surface area contributed by atoms with Crippen LogP contribution in [0.15, 0.2) is 9.98 Å². The maximum atomic E-state index is 11.8. The van der Waals surface area contributed by atoms with E-state index >= 15 is 0 Å². The molecule has 0 aromatic carbocycles. The lowest BCUT2D eigenvalue weighted by Gasteiger charge is -2.05. The first-order valence-electron chi connectivity index (χ1n) is 10.0. The van der Waals surface area contributed by atoms with Gasteiger partial charge in [-0.25, -0.2) is 9.98 Å². The van der Waals surface area contributed by atoms with Crippen LogP contribution in [0.1, 0.15) is 0 Å². The van der Waals surface area contributed by atoms with Crippen molar-refractivity contribution in [3.05, 3.63) is 0 Å². The molecule has 0 aromatic rings. The molecule has 218 valence electrons. The zero-order valence-electron chi connectivity index (χ0n) is 20.2. The second-order valence-corrected chi connectivity index (χ2v) is 20.2. The molecule has 0 fully saturated rings. The van der Waals surface area contributed by atoms with Gasteiger partial charge in [0.1, 0.15) is 5.94 Å². The van der Waals surface area contributed by atoms with Crippen molar-refractivity contribution in [3.63, 3.8) is 0 Å². The first-order chi connectivity index (χ1) is 18.2. The Bertz CT molecular complexity index is 560. The van der Waals surface area contributed by atoms with E-state index in [1.807, 2.05) is 0 Å². The molecule has 37 heavy (non-hydrogen) atoms. The molecular weight excluding hydrogens is 711 g/mol. The predicted molar refractivity (Wildman–Crippen MR) is 191 cm³/mol. The average Bonchev–Trinajstić information content (AvgIpc) is 2.90. The van der Waals surface area contributed by atoms with Gasteiger partial charge in [-0.3, -0.25) is 4.79 Å². The van der Waals surface area contributed by atoms with Gasteiger partial charge in [0.05, 0.1) is 23.6 Å². The van der Waals surface area contributed by atoms with Crippen molar-refractivity contribution in [2.24, 2.45) is 9.98 Å². The van der Waals surface area contributed by atoms with Gasteiger partial charge in [0, 0.05) is 46.8 Å². The summed E-state index contributed by atoms with van der Waals surface area (Å²) in [6.45, 7) is 0. The first kappa shape index (κ1) is 39.7. The van der Waals surface area contributed by atoms with Crippen LogP contribution in [0.2, 0.25) is 0 Å².